The van der Waals surface area contributed by atoms with Crippen molar-refractivity contribution in [3.63, 3.8) is 0 Å². The fourth-order valence-electron chi connectivity index (χ4n) is 3.94. The van der Waals surface area contributed by atoms with Crippen molar-refractivity contribution in [2.45, 2.75) is 9.64 Å². The number of benzene rings is 3. The van der Waals surface area contributed by atoms with Gasteiger partial charge in [0, 0.05) is 11.9 Å². The fourth-order valence-corrected chi connectivity index (χ4v) is 5.34. The Bertz CT molecular complexity index is 1060. The van der Waals surface area contributed by atoms with E-state index in [1.165, 1.54) is 0 Å². The summed E-state index contributed by atoms with van der Waals surface area (Å²) < 4.78 is -0.723. The van der Waals surface area contributed by atoms with Gasteiger partial charge in [-0.3, -0.25) is 4.79 Å². The minimum atomic E-state index is -0.723. The molecule has 1 heterocycles. The number of thioether (sulfide) groups is 1. The Morgan fingerprint density at radius 3 is 1.79 bits per heavy atom. The monoisotopic (exact) mass is 381 g/mol. The van der Waals surface area contributed by atoms with Crippen molar-refractivity contribution in [1.82, 2.24) is 0 Å². The molecule has 0 N–H and O–H groups in total. The lowest BCUT2D eigenvalue weighted by Gasteiger charge is -2.36. The van der Waals surface area contributed by atoms with Crippen molar-refractivity contribution in [1.29, 1.82) is 0 Å². The zero-order valence-corrected chi connectivity index (χ0v) is 16.3. The maximum atomic E-state index is 13.5. The molecule has 2 nitrogen and oxygen atoms in total. The third-order valence-electron chi connectivity index (χ3n) is 5.32. The molecule has 0 fully saturated rings. The Labute approximate surface area is 169 Å². The van der Waals surface area contributed by atoms with Crippen LogP contribution in [0.2, 0.25) is 0 Å². The van der Waals surface area contributed by atoms with Crippen molar-refractivity contribution in [3.8, 4) is 0 Å². The second-order valence-electron chi connectivity index (χ2n) is 7.08. The Hall–Kier alpha value is -3.04. The van der Waals surface area contributed by atoms with Crippen molar-refractivity contribution < 1.29 is 4.79 Å². The molecule has 136 valence electrons. The van der Waals surface area contributed by atoms with Gasteiger partial charge in [-0.25, -0.2) is 0 Å². The number of nitrogens with zero attached hydrogens (tertiary/aromatic N) is 1. The minimum absolute atomic E-state index is 0.0931. The molecule has 3 aromatic carbocycles. The summed E-state index contributed by atoms with van der Waals surface area (Å²) in [5.41, 5.74) is 5.45. The summed E-state index contributed by atoms with van der Waals surface area (Å²) >= 11 is 1.63. The highest BCUT2D eigenvalue weighted by Gasteiger charge is 2.46. The lowest BCUT2D eigenvalue weighted by Crippen LogP contribution is -2.45. The van der Waals surface area contributed by atoms with Gasteiger partial charge in [-0.2, -0.15) is 0 Å². The molecule has 0 atom stereocenters. The highest BCUT2D eigenvalue weighted by Crippen LogP contribution is 2.53. The average molecular weight is 382 g/mol. The van der Waals surface area contributed by atoms with Crippen LogP contribution in [0.15, 0.2) is 102 Å². The van der Waals surface area contributed by atoms with E-state index in [0.717, 1.165) is 32.9 Å². The van der Waals surface area contributed by atoms with Gasteiger partial charge in [0.1, 0.15) is 4.75 Å². The molecule has 2 aliphatic rings. The Balaban J connectivity index is 1.71. The maximum Gasteiger partial charge on any atom is 0.251 e. The molecule has 0 aromatic heterocycles. The van der Waals surface area contributed by atoms with Gasteiger partial charge in [-0.1, -0.05) is 84.6 Å². The number of fused-ring (bicyclic) bond motifs is 1. The summed E-state index contributed by atoms with van der Waals surface area (Å²) in [5, 5.41) is 0. The van der Waals surface area contributed by atoms with Crippen LogP contribution < -0.4 is 4.90 Å². The lowest BCUT2D eigenvalue weighted by atomic mass is 9.95. The van der Waals surface area contributed by atoms with Crippen molar-refractivity contribution in [2.75, 3.05) is 11.9 Å². The highest BCUT2D eigenvalue weighted by molar-refractivity contribution is 8.02. The van der Waals surface area contributed by atoms with Gasteiger partial charge in [0.15, 0.2) is 0 Å². The summed E-state index contributed by atoms with van der Waals surface area (Å²) in [6, 6.07) is 28.7. The van der Waals surface area contributed by atoms with Crippen molar-refractivity contribution in [3.05, 3.63) is 108 Å². The van der Waals surface area contributed by atoms with E-state index in [2.05, 4.69) is 42.5 Å². The second kappa shape index (κ2) is 6.54. The predicted molar refractivity (Wildman–Crippen MR) is 117 cm³/mol. The van der Waals surface area contributed by atoms with Crippen LogP contribution in [0.25, 0.3) is 11.1 Å². The molecule has 1 amide bonds. The van der Waals surface area contributed by atoms with Crippen molar-refractivity contribution >= 4 is 34.5 Å². The van der Waals surface area contributed by atoms with Crippen LogP contribution in [0.5, 0.6) is 0 Å². The Morgan fingerprint density at radius 1 is 0.714 bits per heavy atom. The molecule has 1 aliphatic heterocycles. The standard InChI is InChI=1S/C25H19NOS/c1-26-22-14-8-9-15-23(22)28-25(24(26)27)16-20(18-10-4-2-5-11-18)21(17-25)19-12-6-3-7-13-19/h2-17H,1H3. The van der Waals surface area contributed by atoms with E-state index >= 15 is 0 Å². The quantitative estimate of drug-likeness (QED) is 0.570. The number of carbonyl (C=O) groups excluding carboxylic acids is 1. The molecule has 0 saturated heterocycles. The van der Waals surface area contributed by atoms with E-state index in [1.807, 2.05) is 61.6 Å². The second-order valence-corrected chi connectivity index (χ2v) is 8.39. The van der Waals surface area contributed by atoms with Gasteiger partial charge in [0.25, 0.3) is 5.91 Å². The molecular formula is C25H19NOS. The van der Waals surface area contributed by atoms with Crippen LogP contribution >= 0.6 is 11.8 Å². The summed E-state index contributed by atoms with van der Waals surface area (Å²) in [5.74, 6) is 0.0931. The van der Waals surface area contributed by atoms with Crippen LogP contribution in [0.3, 0.4) is 0 Å². The summed E-state index contributed by atoms with van der Waals surface area (Å²) in [4.78, 5) is 16.4. The lowest BCUT2D eigenvalue weighted by molar-refractivity contribution is -0.118. The first-order chi connectivity index (χ1) is 13.7. The molecule has 28 heavy (non-hydrogen) atoms. The van der Waals surface area contributed by atoms with Crippen LogP contribution in [-0.2, 0) is 4.79 Å². The molecule has 0 unspecified atom stereocenters. The number of anilines is 1. The molecule has 0 bridgehead atoms. The first-order valence-corrected chi connectivity index (χ1v) is 10.1. The maximum absolute atomic E-state index is 13.5. The van der Waals surface area contributed by atoms with Crippen LogP contribution in [0, 0.1) is 0 Å². The van der Waals surface area contributed by atoms with Crippen molar-refractivity contribution in [2.24, 2.45) is 0 Å². The predicted octanol–water partition coefficient (Wildman–Crippen LogP) is 5.67. The zero-order valence-electron chi connectivity index (χ0n) is 15.5. The van der Waals surface area contributed by atoms with Gasteiger partial charge < -0.3 is 4.90 Å². The molecule has 0 radical (unpaired) electrons. The third-order valence-corrected chi connectivity index (χ3v) is 6.63. The van der Waals surface area contributed by atoms with Gasteiger partial charge in [-0.15, -0.1) is 0 Å². The molecule has 5 rings (SSSR count). The third kappa shape index (κ3) is 2.62. The Morgan fingerprint density at radius 2 is 1.21 bits per heavy atom. The number of hydrogen-bond donors (Lipinski definition) is 0. The summed E-state index contributed by atoms with van der Waals surface area (Å²) in [6.07, 6.45) is 4.29. The van der Waals surface area contributed by atoms with Gasteiger partial charge >= 0.3 is 0 Å². The van der Waals surface area contributed by atoms with Crippen LogP contribution in [0.4, 0.5) is 5.69 Å². The van der Waals surface area contributed by atoms with E-state index in [1.54, 1.807) is 16.7 Å². The van der Waals surface area contributed by atoms with Gasteiger partial charge in [0.2, 0.25) is 0 Å². The van der Waals surface area contributed by atoms with Crippen LogP contribution in [-0.4, -0.2) is 17.7 Å². The molecule has 0 saturated carbocycles. The largest absolute Gasteiger partial charge is 0.313 e. The molecule has 3 aromatic rings. The van der Waals surface area contributed by atoms with Gasteiger partial charge in [-0.05, 0) is 46.6 Å². The number of para-hydroxylation sites is 1. The Kier molecular flexibility index (Phi) is 3.99. The first-order valence-electron chi connectivity index (χ1n) is 9.31. The molecule has 1 spiro atoms. The smallest absolute Gasteiger partial charge is 0.251 e. The molecule has 3 heteroatoms. The molecule has 1 aliphatic carbocycles. The topological polar surface area (TPSA) is 20.3 Å². The normalized spacial score (nSPS) is 17.3. The van der Waals surface area contributed by atoms with Crippen LogP contribution in [0.1, 0.15) is 11.1 Å². The number of carbonyl (C=O) groups is 1. The van der Waals surface area contributed by atoms with E-state index in [0.29, 0.717) is 0 Å². The number of rotatable bonds is 2. The van der Waals surface area contributed by atoms with Gasteiger partial charge in [0.05, 0.1) is 5.69 Å². The van der Waals surface area contributed by atoms with E-state index in [9.17, 15) is 4.79 Å². The zero-order chi connectivity index (χ0) is 19.1. The molecular weight excluding hydrogens is 362 g/mol. The SMILES string of the molecule is CN1C(=O)C2(C=C(c3ccccc3)C(c3ccccc3)=C2)Sc2ccccc21. The summed E-state index contributed by atoms with van der Waals surface area (Å²) in [7, 11) is 1.87. The fraction of sp³-hybridized carbons (Fsp3) is 0.0800. The number of amides is 1. The number of hydrogen-bond acceptors (Lipinski definition) is 2. The minimum Gasteiger partial charge on any atom is -0.313 e. The first kappa shape index (κ1) is 17.1. The number of allylic oxidation sites excluding steroid dienone is 2. The summed E-state index contributed by atoms with van der Waals surface area (Å²) in [6.45, 7) is 0. The highest BCUT2D eigenvalue weighted by atomic mass is 32.2. The van der Waals surface area contributed by atoms with E-state index < -0.39 is 4.75 Å². The van der Waals surface area contributed by atoms with E-state index in [4.69, 9.17) is 0 Å². The average Bonchev–Trinajstić information content (AvgIpc) is 3.14. The van der Waals surface area contributed by atoms with E-state index in [-0.39, 0.29) is 5.91 Å².